The van der Waals surface area contributed by atoms with E-state index < -0.39 is 0 Å². The second-order valence-corrected chi connectivity index (χ2v) is 9.48. The fraction of sp³-hybridized carbons (Fsp3) is 0. The Hall–Kier alpha value is 0.200. The maximum absolute atomic E-state index is 4.37. The molecule has 0 atom stereocenters. The van der Waals surface area contributed by atoms with Crippen LogP contribution in [0.2, 0.25) is 0 Å². The van der Waals surface area contributed by atoms with Gasteiger partial charge in [-0.15, -0.1) is 21.5 Å². The number of thiophene rings is 1. The van der Waals surface area contributed by atoms with Crippen molar-refractivity contribution in [3.63, 3.8) is 0 Å². The van der Waals surface area contributed by atoms with Crippen molar-refractivity contribution in [2.75, 3.05) is 0 Å². The van der Waals surface area contributed by atoms with Gasteiger partial charge in [-0.1, -0.05) is 28.7 Å². The summed E-state index contributed by atoms with van der Waals surface area (Å²) in [5, 5.41) is 11.4. The lowest BCUT2D eigenvalue weighted by Gasteiger charge is -1.87. The Morgan fingerprint density at radius 2 is 2.00 bits per heavy atom. The number of halogens is 2. The van der Waals surface area contributed by atoms with Crippen LogP contribution in [0.1, 0.15) is 0 Å². The first-order valence-corrected chi connectivity index (χ1v) is 9.51. The summed E-state index contributed by atoms with van der Waals surface area (Å²) in [6.07, 6.45) is 0. The number of thiazole rings is 1. The molecular weight excluding hydrogens is 438 g/mol. The van der Waals surface area contributed by atoms with Crippen LogP contribution in [0.5, 0.6) is 0 Å². The van der Waals surface area contributed by atoms with Crippen LogP contribution in [0.25, 0.3) is 9.88 Å². The molecule has 3 nitrogen and oxygen atoms in total. The molecule has 0 amide bonds. The van der Waals surface area contributed by atoms with Gasteiger partial charge < -0.3 is 0 Å². The Balaban J connectivity index is 1.82. The normalized spacial score (nSPS) is 11.0. The van der Waals surface area contributed by atoms with Crippen molar-refractivity contribution < 1.29 is 0 Å². The topological polar surface area (TPSA) is 38.7 Å². The summed E-state index contributed by atoms with van der Waals surface area (Å²) in [6.45, 7) is 0. The number of hydrogen-bond donors (Lipinski definition) is 0. The van der Waals surface area contributed by atoms with Crippen molar-refractivity contribution >= 4 is 77.6 Å². The highest BCUT2D eigenvalue weighted by Gasteiger charge is 2.12. The Morgan fingerprint density at radius 1 is 1.11 bits per heavy atom. The van der Waals surface area contributed by atoms with Crippen molar-refractivity contribution in [2.45, 2.75) is 8.68 Å². The van der Waals surface area contributed by atoms with Gasteiger partial charge in [-0.25, -0.2) is 4.98 Å². The summed E-state index contributed by atoms with van der Waals surface area (Å²) in [7, 11) is 0. The monoisotopic (exact) mass is 439 g/mol. The molecule has 0 radical (unpaired) electrons. The fourth-order valence-corrected chi connectivity index (χ4v) is 6.27. The molecule has 0 bridgehead atoms. The van der Waals surface area contributed by atoms with E-state index in [1.807, 2.05) is 11.4 Å². The lowest BCUT2D eigenvalue weighted by atomic mass is 10.5. The van der Waals surface area contributed by atoms with Crippen LogP contribution in [0, 0.1) is 0 Å². The largest absolute Gasteiger partial charge is 0.221 e. The SMILES string of the molecule is Brc1nc(Sc2nnc(-c3cccs3)s2)sc1Br. The molecule has 0 aromatic carbocycles. The number of hydrogen-bond acceptors (Lipinski definition) is 7. The van der Waals surface area contributed by atoms with E-state index in [2.05, 4.69) is 53.1 Å². The van der Waals surface area contributed by atoms with E-state index in [0.717, 1.165) is 27.0 Å². The van der Waals surface area contributed by atoms with Crippen LogP contribution in [0.4, 0.5) is 0 Å². The first-order valence-electron chi connectivity index (χ1n) is 4.59. The second kappa shape index (κ2) is 5.68. The molecule has 92 valence electrons. The lowest BCUT2D eigenvalue weighted by molar-refractivity contribution is 1.01. The third-order valence-electron chi connectivity index (χ3n) is 1.84. The molecule has 0 unspecified atom stereocenters. The van der Waals surface area contributed by atoms with Crippen LogP contribution in [-0.2, 0) is 0 Å². The van der Waals surface area contributed by atoms with E-state index in [-0.39, 0.29) is 0 Å². The van der Waals surface area contributed by atoms with Crippen molar-refractivity contribution in [2.24, 2.45) is 0 Å². The van der Waals surface area contributed by atoms with Gasteiger partial charge in [0.25, 0.3) is 0 Å². The summed E-state index contributed by atoms with van der Waals surface area (Å²) < 4.78 is 3.68. The first-order chi connectivity index (χ1) is 8.72. The third kappa shape index (κ3) is 2.86. The minimum Gasteiger partial charge on any atom is -0.221 e. The van der Waals surface area contributed by atoms with E-state index in [1.165, 1.54) is 11.8 Å². The van der Waals surface area contributed by atoms with Crippen LogP contribution >= 0.6 is 77.6 Å². The smallest absolute Gasteiger partial charge is 0.181 e. The molecule has 0 saturated heterocycles. The Morgan fingerprint density at radius 3 is 2.67 bits per heavy atom. The molecule has 0 N–H and O–H groups in total. The summed E-state index contributed by atoms with van der Waals surface area (Å²) >= 11 is 13.2. The summed E-state index contributed by atoms with van der Waals surface area (Å²) in [5.74, 6) is 0. The standard InChI is InChI=1S/C9H3Br2N3S4/c10-5-6(11)16-8(12-5)18-9-14-13-7(17-9)4-2-1-3-15-4/h1-3H. The molecule has 18 heavy (non-hydrogen) atoms. The molecule has 9 heteroatoms. The lowest BCUT2D eigenvalue weighted by Crippen LogP contribution is -1.72. The molecule has 0 spiro atoms. The van der Waals surface area contributed by atoms with Crippen LogP contribution < -0.4 is 0 Å². The quantitative estimate of drug-likeness (QED) is 0.546. The van der Waals surface area contributed by atoms with E-state index >= 15 is 0 Å². The van der Waals surface area contributed by atoms with Crippen molar-refractivity contribution in [3.8, 4) is 9.88 Å². The fourth-order valence-electron chi connectivity index (χ4n) is 1.13. The number of aromatic nitrogens is 3. The van der Waals surface area contributed by atoms with Crippen molar-refractivity contribution in [3.05, 3.63) is 25.9 Å². The third-order valence-corrected chi connectivity index (χ3v) is 7.99. The predicted octanol–water partition coefficient (Wildman–Crippen LogP) is 5.40. The van der Waals surface area contributed by atoms with Crippen LogP contribution in [0.15, 0.2) is 34.6 Å². The van der Waals surface area contributed by atoms with E-state index in [0.29, 0.717) is 0 Å². The zero-order valence-corrected chi connectivity index (χ0v) is 14.9. The van der Waals surface area contributed by atoms with Crippen molar-refractivity contribution in [1.29, 1.82) is 0 Å². The molecule has 3 rings (SSSR count). The summed E-state index contributed by atoms with van der Waals surface area (Å²) in [6, 6.07) is 4.07. The minimum absolute atomic E-state index is 0.831. The van der Waals surface area contributed by atoms with Crippen molar-refractivity contribution in [1.82, 2.24) is 15.2 Å². The van der Waals surface area contributed by atoms with E-state index in [1.54, 1.807) is 34.0 Å². The number of nitrogens with zero attached hydrogens (tertiary/aromatic N) is 3. The van der Waals surface area contributed by atoms with E-state index in [4.69, 9.17) is 0 Å². The summed E-state index contributed by atoms with van der Waals surface area (Å²) in [5.41, 5.74) is 0. The molecule has 3 heterocycles. The molecular formula is C9H3Br2N3S4. The zero-order chi connectivity index (χ0) is 12.5. The highest BCUT2D eigenvalue weighted by molar-refractivity contribution is 9.13. The van der Waals surface area contributed by atoms with Gasteiger partial charge in [-0.05, 0) is 55.1 Å². The highest BCUT2D eigenvalue weighted by Crippen LogP contribution is 2.40. The van der Waals surface area contributed by atoms with Gasteiger partial charge in [0.05, 0.1) is 4.88 Å². The van der Waals surface area contributed by atoms with Gasteiger partial charge in [0.15, 0.2) is 13.7 Å². The Bertz CT molecular complexity index is 642. The Kier molecular flexibility index (Phi) is 4.16. The second-order valence-electron chi connectivity index (χ2n) is 3.00. The molecule has 0 aliphatic rings. The van der Waals surface area contributed by atoms with Gasteiger partial charge in [0.1, 0.15) is 8.39 Å². The van der Waals surface area contributed by atoms with Gasteiger partial charge >= 0.3 is 0 Å². The van der Waals surface area contributed by atoms with Gasteiger partial charge in [-0.2, -0.15) is 0 Å². The van der Waals surface area contributed by atoms with Gasteiger partial charge in [0, 0.05) is 0 Å². The average Bonchev–Trinajstić information content (AvgIpc) is 3.02. The maximum atomic E-state index is 4.37. The first kappa shape index (κ1) is 13.2. The predicted molar refractivity (Wildman–Crippen MR) is 84.9 cm³/mol. The van der Waals surface area contributed by atoms with Gasteiger partial charge in [0.2, 0.25) is 0 Å². The Labute approximate surface area is 136 Å². The average molecular weight is 441 g/mol. The van der Waals surface area contributed by atoms with Crippen LogP contribution in [0.3, 0.4) is 0 Å². The van der Waals surface area contributed by atoms with Crippen LogP contribution in [-0.4, -0.2) is 15.2 Å². The number of rotatable bonds is 3. The molecule has 0 fully saturated rings. The molecule has 0 saturated carbocycles. The van der Waals surface area contributed by atoms with Gasteiger partial charge in [-0.3, -0.25) is 0 Å². The van der Waals surface area contributed by atoms with E-state index in [9.17, 15) is 0 Å². The molecule has 3 aromatic rings. The highest BCUT2D eigenvalue weighted by atomic mass is 79.9. The molecule has 3 aromatic heterocycles. The minimum atomic E-state index is 0.831. The zero-order valence-electron chi connectivity index (χ0n) is 8.46. The molecule has 0 aliphatic heterocycles. The molecule has 0 aliphatic carbocycles. The maximum Gasteiger partial charge on any atom is 0.181 e. The summed E-state index contributed by atoms with van der Waals surface area (Å²) in [4.78, 5) is 5.52.